The second-order valence-electron chi connectivity index (χ2n) is 5.07. The van der Waals surface area contributed by atoms with Crippen LogP contribution in [0.3, 0.4) is 0 Å². The molecule has 2 aromatic rings. The molecule has 0 aliphatic carbocycles. The Morgan fingerprint density at radius 1 is 1.10 bits per heavy atom. The maximum Gasteiger partial charge on any atom is 0.123 e. The summed E-state index contributed by atoms with van der Waals surface area (Å²) in [6.07, 6.45) is 1.13. The van der Waals surface area contributed by atoms with Crippen LogP contribution in [0.1, 0.15) is 12.1 Å². The quantitative estimate of drug-likeness (QED) is 0.866. The third-order valence-corrected chi connectivity index (χ3v) is 4.28. The van der Waals surface area contributed by atoms with Crippen LogP contribution in [-0.4, -0.2) is 36.1 Å². The number of hydrogen-bond donors (Lipinski definition) is 0. The minimum absolute atomic E-state index is 0.172. The Morgan fingerprint density at radius 2 is 1.95 bits per heavy atom. The maximum absolute atomic E-state index is 13.0. The minimum Gasteiger partial charge on any atom is -0.370 e. The van der Waals surface area contributed by atoms with Crippen molar-refractivity contribution in [2.24, 2.45) is 0 Å². The molecular formula is C15H18FN3S. The third kappa shape index (κ3) is 3.35. The van der Waals surface area contributed by atoms with Crippen LogP contribution in [0.25, 0.3) is 0 Å². The summed E-state index contributed by atoms with van der Waals surface area (Å²) in [5.41, 5.74) is 4.16. The molecule has 1 aliphatic heterocycles. The molecule has 20 heavy (non-hydrogen) atoms. The zero-order valence-electron chi connectivity index (χ0n) is 11.3. The summed E-state index contributed by atoms with van der Waals surface area (Å²) >= 11 is 1.65. The average Bonchev–Trinajstić information content (AvgIpc) is 2.85. The predicted octanol–water partition coefficient (Wildman–Crippen LogP) is 2.99. The first kappa shape index (κ1) is 13.5. The number of aromatic nitrogens is 1. The SMILES string of the molecule is Fc1ccc(N2CCCN(Cc3cscn3)CC2)cc1. The van der Waals surface area contributed by atoms with Crippen molar-refractivity contribution in [3.63, 3.8) is 0 Å². The van der Waals surface area contributed by atoms with Gasteiger partial charge in [-0.1, -0.05) is 0 Å². The molecule has 5 heteroatoms. The summed E-state index contributed by atoms with van der Waals surface area (Å²) in [5.74, 6) is -0.172. The van der Waals surface area contributed by atoms with E-state index in [1.54, 1.807) is 11.3 Å². The molecule has 0 spiro atoms. The largest absolute Gasteiger partial charge is 0.370 e. The van der Waals surface area contributed by atoms with Crippen molar-refractivity contribution < 1.29 is 4.39 Å². The van der Waals surface area contributed by atoms with Crippen LogP contribution in [0.15, 0.2) is 35.2 Å². The molecule has 1 aromatic heterocycles. The molecule has 1 fully saturated rings. The predicted molar refractivity (Wildman–Crippen MR) is 80.6 cm³/mol. The molecule has 0 N–H and O–H groups in total. The van der Waals surface area contributed by atoms with Gasteiger partial charge in [0.05, 0.1) is 11.2 Å². The van der Waals surface area contributed by atoms with Crippen molar-refractivity contribution in [1.82, 2.24) is 9.88 Å². The molecule has 3 rings (SSSR count). The van der Waals surface area contributed by atoms with Crippen molar-refractivity contribution >= 4 is 17.0 Å². The van der Waals surface area contributed by atoms with Gasteiger partial charge in [-0.15, -0.1) is 11.3 Å². The molecule has 2 heterocycles. The second kappa shape index (κ2) is 6.33. The lowest BCUT2D eigenvalue weighted by Crippen LogP contribution is -2.30. The normalized spacial score (nSPS) is 17.1. The number of hydrogen-bond acceptors (Lipinski definition) is 4. The van der Waals surface area contributed by atoms with E-state index in [1.807, 2.05) is 17.6 Å². The number of halogens is 1. The molecular weight excluding hydrogens is 273 g/mol. The number of thiazole rings is 1. The number of nitrogens with zero attached hydrogens (tertiary/aromatic N) is 3. The molecule has 1 saturated heterocycles. The summed E-state index contributed by atoms with van der Waals surface area (Å²) in [5, 5.41) is 2.11. The van der Waals surface area contributed by atoms with Gasteiger partial charge in [-0.05, 0) is 30.7 Å². The van der Waals surface area contributed by atoms with Crippen LogP contribution in [0, 0.1) is 5.82 Å². The number of rotatable bonds is 3. The summed E-state index contributed by atoms with van der Waals surface area (Å²) in [6.45, 7) is 5.06. The van der Waals surface area contributed by atoms with Crippen molar-refractivity contribution in [2.75, 3.05) is 31.1 Å². The van der Waals surface area contributed by atoms with Crippen LogP contribution in [-0.2, 0) is 6.54 Å². The minimum atomic E-state index is -0.172. The van der Waals surface area contributed by atoms with E-state index < -0.39 is 0 Å². The third-order valence-electron chi connectivity index (χ3n) is 3.65. The topological polar surface area (TPSA) is 19.4 Å². The molecule has 0 bridgehead atoms. The Kier molecular flexibility index (Phi) is 4.28. The molecule has 1 aliphatic rings. The number of anilines is 1. The summed E-state index contributed by atoms with van der Waals surface area (Å²) in [7, 11) is 0. The molecule has 106 valence electrons. The fourth-order valence-electron chi connectivity index (χ4n) is 2.58. The van der Waals surface area contributed by atoms with E-state index in [0.29, 0.717) is 0 Å². The molecule has 1 aromatic carbocycles. The number of benzene rings is 1. The van der Waals surface area contributed by atoms with Gasteiger partial charge in [0.25, 0.3) is 0 Å². The van der Waals surface area contributed by atoms with Crippen LogP contribution >= 0.6 is 11.3 Å². The van der Waals surface area contributed by atoms with Crippen LogP contribution in [0.4, 0.5) is 10.1 Å². The standard InChI is InChI=1S/C15H18FN3S/c16-13-2-4-15(5-3-13)19-7-1-6-18(8-9-19)10-14-11-20-12-17-14/h2-5,11-12H,1,6-10H2. The van der Waals surface area contributed by atoms with Crippen LogP contribution in [0.5, 0.6) is 0 Å². The van der Waals surface area contributed by atoms with E-state index in [0.717, 1.165) is 50.5 Å². The lowest BCUT2D eigenvalue weighted by Gasteiger charge is -2.23. The smallest absolute Gasteiger partial charge is 0.123 e. The highest BCUT2D eigenvalue weighted by Crippen LogP contribution is 2.17. The Morgan fingerprint density at radius 3 is 2.70 bits per heavy atom. The Bertz CT molecular complexity index is 527. The first-order valence-corrected chi connectivity index (χ1v) is 7.85. The lowest BCUT2D eigenvalue weighted by atomic mass is 10.2. The zero-order chi connectivity index (χ0) is 13.8. The first-order chi connectivity index (χ1) is 9.81. The van der Waals surface area contributed by atoms with Gasteiger partial charge in [0, 0.05) is 43.8 Å². The van der Waals surface area contributed by atoms with E-state index in [4.69, 9.17) is 0 Å². The molecule has 0 atom stereocenters. The zero-order valence-corrected chi connectivity index (χ0v) is 12.2. The Hall–Kier alpha value is -1.46. The lowest BCUT2D eigenvalue weighted by molar-refractivity contribution is 0.282. The van der Waals surface area contributed by atoms with Crippen LogP contribution < -0.4 is 4.90 Å². The van der Waals surface area contributed by atoms with Gasteiger partial charge in [-0.25, -0.2) is 9.37 Å². The van der Waals surface area contributed by atoms with Crippen molar-refractivity contribution in [1.29, 1.82) is 0 Å². The molecule has 0 unspecified atom stereocenters. The fraction of sp³-hybridized carbons (Fsp3) is 0.400. The Labute approximate surface area is 122 Å². The molecule has 0 saturated carbocycles. The average molecular weight is 291 g/mol. The van der Waals surface area contributed by atoms with Crippen molar-refractivity contribution in [3.8, 4) is 0 Å². The van der Waals surface area contributed by atoms with E-state index >= 15 is 0 Å². The van der Waals surface area contributed by atoms with Gasteiger partial charge < -0.3 is 4.90 Å². The van der Waals surface area contributed by atoms with Crippen molar-refractivity contribution in [3.05, 3.63) is 46.7 Å². The van der Waals surface area contributed by atoms with E-state index in [2.05, 4.69) is 20.2 Å². The fourth-order valence-corrected chi connectivity index (χ4v) is 3.13. The molecule has 0 radical (unpaired) electrons. The summed E-state index contributed by atoms with van der Waals surface area (Å²) in [6, 6.07) is 6.80. The summed E-state index contributed by atoms with van der Waals surface area (Å²) in [4.78, 5) is 9.13. The van der Waals surface area contributed by atoms with Gasteiger partial charge in [0.1, 0.15) is 5.82 Å². The van der Waals surface area contributed by atoms with Gasteiger partial charge >= 0.3 is 0 Å². The maximum atomic E-state index is 13.0. The van der Waals surface area contributed by atoms with Gasteiger partial charge in [-0.3, -0.25) is 4.90 Å². The van der Waals surface area contributed by atoms with E-state index in [-0.39, 0.29) is 5.82 Å². The van der Waals surface area contributed by atoms with Gasteiger partial charge in [0.2, 0.25) is 0 Å². The van der Waals surface area contributed by atoms with E-state index in [9.17, 15) is 4.39 Å². The highest BCUT2D eigenvalue weighted by atomic mass is 32.1. The molecule has 3 nitrogen and oxygen atoms in total. The summed E-state index contributed by atoms with van der Waals surface area (Å²) < 4.78 is 13.0. The van der Waals surface area contributed by atoms with Crippen molar-refractivity contribution in [2.45, 2.75) is 13.0 Å². The molecule has 0 amide bonds. The highest BCUT2D eigenvalue weighted by Gasteiger charge is 2.15. The first-order valence-electron chi connectivity index (χ1n) is 6.91. The monoisotopic (exact) mass is 291 g/mol. The van der Waals surface area contributed by atoms with E-state index in [1.165, 1.54) is 12.1 Å². The van der Waals surface area contributed by atoms with Gasteiger partial charge in [-0.2, -0.15) is 0 Å². The highest BCUT2D eigenvalue weighted by molar-refractivity contribution is 7.07. The van der Waals surface area contributed by atoms with Crippen LogP contribution in [0.2, 0.25) is 0 Å². The second-order valence-corrected chi connectivity index (χ2v) is 5.79. The van der Waals surface area contributed by atoms with Gasteiger partial charge in [0.15, 0.2) is 0 Å². The Balaban J connectivity index is 1.60.